The van der Waals surface area contributed by atoms with Crippen molar-refractivity contribution in [2.75, 3.05) is 37.4 Å². The van der Waals surface area contributed by atoms with Crippen LogP contribution in [0, 0.1) is 5.82 Å². The minimum Gasteiger partial charge on any atom is -0.380 e. The Balaban J connectivity index is 1.69. The summed E-state index contributed by atoms with van der Waals surface area (Å²) in [5.74, 6) is 0.335. The second-order valence-corrected chi connectivity index (χ2v) is 7.21. The van der Waals surface area contributed by atoms with E-state index in [-0.39, 0.29) is 11.7 Å². The molecule has 6 nitrogen and oxygen atoms in total. The summed E-state index contributed by atoms with van der Waals surface area (Å²) in [6.45, 7) is 5.28. The van der Waals surface area contributed by atoms with Gasteiger partial charge in [-0.15, -0.1) is 0 Å². The fourth-order valence-electron chi connectivity index (χ4n) is 3.11. The number of carbonyl (C=O) groups excluding carboxylic acids is 1. The van der Waals surface area contributed by atoms with E-state index in [1.165, 1.54) is 12.1 Å². The SMILES string of the molecule is CC(C)Nc1cccnc1N(C)CCN(C)C(=O)c1c[nH]c2ccc(F)cc12. The van der Waals surface area contributed by atoms with Crippen LogP contribution in [0.3, 0.4) is 0 Å². The number of aromatic amines is 1. The Morgan fingerprint density at radius 1 is 1.25 bits per heavy atom. The maximum absolute atomic E-state index is 13.6. The predicted octanol–water partition coefficient (Wildman–Crippen LogP) is 3.73. The number of benzene rings is 1. The van der Waals surface area contributed by atoms with Crippen molar-refractivity contribution in [3.05, 3.63) is 54.1 Å². The molecule has 1 aromatic carbocycles. The molecule has 0 bridgehead atoms. The third kappa shape index (κ3) is 4.24. The number of hydrogen-bond acceptors (Lipinski definition) is 4. The molecule has 0 saturated carbocycles. The van der Waals surface area contributed by atoms with Gasteiger partial charge >= 0.3 is 0 Å². The number of H-pyrrole nitrogens is 1. The molecule has 0 atom stereocenters. The number of anilines is 2. The van der Waals surface area contributed by atoms with Gasteiger partial charge in [0.1, 0.15) is 5.82 Å². The van der Waals surface area contributed by atoms with Gasteiger partial charge in [-0.05, 0) is 44.2 Å². The molecule has 0 aliphatic heterocycles. The van der Waals surface area contributed by atoms with E-state index in [9.17, 15) is 9.18 Å². The van der Waals surface area contributed by atoms with Crippen LogP contribution in [0.5, 0.6) is 0 Å². The lowest BCUT2D eigenvalue weighted by atomic mass is 10.1. The van der Waals surface area contributed by atoms with E-state index in [2.05, 4.69) is 29.1 Å². The highest BCUT2D eigenvalue weighted by Gasteiger charge is 2.18. The zero-order valence-electron chi connectivity index (χ0n) is 16.7. The zero-order valence-corrected chi connectivity index (χ0v) is 16.7. The molecule has 148 valence electrons. The number of hydrogen-bond donors (Lipinski definition) is 2. The Morgan fingerprint density at radius 3 is 2.79 bits per heavy atom. The summed E-state index contributed by atoms with van der Waals surface area (Å²) in [4.78, 5) is 24.0. The molecule has 0 unspecified atom stereocenters. The molecule has 0 fully saturated rings. The van der Waals surface area contributed by atoms with Crippen LogP contribution < -0.4 is 10.2 Å². The van der Waals surface area contributed by atoms with Gasteiger partial charge in [0.05, 0.1) is 11.3 Å². The lowest BCUT2D eigenvalue weighted by Gasteiger charge is -2.25. The van der Waals surface area contributed by atoms with E-state index >= 15 is 0 Å². The minimum absolute atomic E-state index is 0.146. The minimum atomic E-state index is -0.358. The van der Waals surface area contributed by atoms with Crippen LogP contribution in [0.15, 0.2) is 42.7 Å². The van der Waals surface area contributed by atoms with Crippen molar-refractivity contribution in [1.82, 2.24) is 14.9 Å². The van der Waals surface area contributed by atoms with E-state index in [4.69, 9.17) is 0 Å². The smallest absolute Gasteiger partial charge is 0.255 e. The second kappa shape index (κ2) is 8.29. The van der Waals surface area contributed by atoms with Crippen LogP contribution in [-0.4, -0.2) is 54.0 Å². The maximum atomic E-state index is 13.6. The number of pyridine rings is 1. The lowest BCUT2D eigenvalue weighted by Crippen LogP contribution is -2.35. The fraction of sp³-hybridized carbons (Fsp3) is 0.333. The molecule has 0 saturated heterocycles. The van der Waals surface area contributed by atoms with Gasteiger partial charge < -0.3 is 20.1 Å². The van der Waals surface area contributed by atoms with Crippen LogP contribution in [0.1, 0.15) is 24.2 Å². The third-order valence-electron chi connectivity index (χ3n) is 4.58. The number of amides is 1. The first-order chi connectivity index (χ1) is 13.4. The Hall–Kier alpha value is -3.09. The van der Waals surface area contributed by atoms with Gasteiger partial charge in [-0.3, -0.25) is 4.79 Å². The van der Waals surface area contributed by atoms with Crippen molar-refractivity contribution in [3.63, 3.8) is 0 Å². The molecule has 0 aliphatic rings. The van der Waals surface area contributed by atoms with Gasteiger partial charge in [-0.2, -0.15) is 0 Å². The molecular weight excluding hydrogens is 357 g/mol. The standard InChI is InChI=1S/C21H26FN5O/c1-14(2)25-19-6-5-9-23-20(19)26(3)10-11-27(4)21(28)17-13-24-18-8-7-15(22)12-16(17)18/h5-9,12-14,24-25H,10-11H2,1-4H3. The summed E-state index contributed by atoms with van der Waals surface area (Å²) < 4.78 is 13.6. The van der Waals surface area contributed by atoms with Gasteiger partial charge in [-0.25, -0.2) is 9.37 Å². The summed E-state index contributed by atoms with van der Waals surface area (Å²) in [6.07, 6.45) is 3.39. The zero-order chi connectivity index (χ0) is 20.3. The number of nitrogens with one attached hydrogen (secondary N) is 2. The monoisotopic (exact) mass is 383 g/mol. The van der Waals surface area contributed by atoms with E-state index in [1.807, 2.05) is 24.1 Å². The number of halogens is 1. The number of rotatable bonds is 7. The summed E-state index contributed by atoms with van der Waals surface area (Å²) in [7, 11) is 3.70. The summed E-state index contributed by atoms with van der Waals surface area (Å²) in [5.41, 5.74) is 2.17. The highest BCUT2D eigenvalue weighted by molar-refractivity contribution is 6.06. The Labute approximate surface area is 164 Å². The maximum Gasteiger partial charge on any atom is 0.255 e. The lowest BCUT2D eigenvalue weighted by molar-refractivity contribution is 0.0801. The molecule has 7 heteroatoms. The molecule has 0 radical (unpaired) electrons. The van der Waals surface area contributed by atoms with Crippen LogP contribution in [-0.2, 0) is 0 Å². The molecule has 1 amide bonds. The van der Waals surface area contributed by atoms with Crippen molar-refractivity contribution >= 4 is 28.3 Å². The second-order valence-electron chi connectivity index (χ2n) is 7.21. The topological polar surface area (TPSA) is 64.3 Å². The molecule has 2 N–H and O–H groups in total. The van der Waals surface area contributed by atoms with Crippen molar-refractivity contribution in [3.8, 4) is 0 Å². The van der Waals surface area contributed by atoms with Crippen molar-refractivity contribution in [2.24, 2.45) is 0 Å². The summed E-state index contributed by atoms with van der Waals surface area (Å²) in [6, 6.07) is 8.59. The Kier molecular flexibility index (Phi) is 5.82. The molecule has 3 rings (SSSR count). The number of likely N-dealkylation sites (N-methyl/N-ethyl adjacent to an activating group) is 2. The first-order valence-corrected chi connectivity index (χ1v) is 9.31. The Bertz CT molecular complexity index is 968. The average Bonchev–Trinajstić information content (AvgIpc) is 3.08. The molecule has 0 spiro atoms. The molecule has 0 aliphatic carbocycles. The van der Waals surface area contributed by atoms with Crippen molar-refractivity contribution in [2.45, 2.75) is 19.9 Å². The van der Waals surface area contributed by atoms with Crippen LogP contribution in [0.4, 0.5) is 15.9 Å². The Morgan fingerprint density at radius 2 is 2.04 bits per heavy atom. The summed E-state index contributed by atoms with van der Waals surface area (Å²) >= 11 is 0. The fourth-order valence-corrected chi connectivity index (χ4v) is 3.11. The van der Waals surface area contributed by atoms with Gasteiger partial charge in [0, 0.05) is 56.5 Å². The molecule has 2 heterocycles. The van der Waals surface area contributed by atoms with Crippen LogP contribution >= 0.6 is 0 Å². The molecule has 3 aromatic rings. The quantitative estimate of drug-likeness (QED) is 0.653. The predicted molar refractivity (Wildman–Crippen MR) is 111 cm³/mol. The third-order valence-corrected chi connectivity index (χ3v) is 4.58. The van der Waals surface area contributed by atoms with E-state index < -0.39 is 0 Å². The van der Waals surface area contributed by atoms with Crippen molar-refractivity contribution < 1.29 is 9.18 Å². The van der Waals surface area contributed by atoms with Gasteiger partial charge in [0.2, 0.25) is 0 Å². The number of carbonyl (C=O) groups is 1. The van der Waals surface area contributed by atoms with E-state index in [0.717, 1.165) is 17.0 Å². The normalized spacial score (nSPS) is 11.1. The van der Waals surface area contributed by atoms with Gasteiger partial charge in [0.15, 0.2) is 5.82 Å². The molecule has 28 heavy (non-hydrogen) atoms. The van der Waals surface area contributed by atoms with E-state index in [1.54, 1.807) is 30.4 Å². The average molecular weight is 383 g/mol. The number of aromatic nitrogens is 2. The van der Waals surface area contributed by atoms with Gasteiger partial charge in [0.25, 0.3) is 5.91 Å². The van der Waals surface area contributed by atoms with Crippen LogP contribution in [0.25, 0.3) is 10.9 Å². The largest absolute Gasteiger partial charge is 0.380 e. The van der Waals surface area contributed by atoms with Crippen LogP contribution in [0.2, 0.25) is 0 Å². The van der Waals surface area contributed by atoms with Crippen molar-refractivity contribution in [1.29, 1.82) is 0 Å². The molecule has 2 aromatic heterocycles. The number of fused-ring (bicyclic) bond motifs is 1. The summed E-state index contributed by atoms with van der Waals surface area (Å²) in [5, 5.41) is 3.98. The highest BCUT2D eigenvalue weighted by atomic mass is 19.1. The highest BCUT2D eigenvalue weighted by Crippen LogP contribution is 2.23. The van der Waals surface area contributed by atoms with Gasteiger partial charge in [-0.1, -0.05) is 0 Å². The first-order valence-electron chi connectivity index (χ1n) is 9.31. The van der Waals surface area contributed by atoms with E-state index in [0.29, 0.717) is 30.1 Å². The first kappa shape index (κ1) is 19.7. The number of nitrogens with zero attached hydrogens (tertiary/aromatic N) is 3. The molecular formula is C21H26FN5O.